The minimum absolute atomic E-state index is 0.00970. The van der Waals surface area contributed by atoms with Crippen molar-refractivity contribution in [3.63, 3.8) is 0 Å². The second-order valence-electron chi connectivity index (χ2n) is 5.38. The van der Waals surface area contributed by atoms with Gasteiger partial charge in [-0.15, -0.1) is 0 Å². The van der Waals surface area contributed by atoms with Gasteiger partial charge in [0.1, 0.15) is 0 Å². The van der Waals surface area contributed by atoms with E-state index in [1.54, 1.807) is 0 Å². The van der Waals surface area contributed by atoms with Crippen molar-refractivity contribution in [2.75, 3.05) is 12.3 Å². The molecule has 1 aliphatic rings. The molecule has 0 saturated carbocycles. The Bertz CT molecular complexity index is 484. The Morgan fingerprint density at radius 3 is 2.75 bits per heavy atom. The van der Waals surface area contributed by atoms with Crippen molar-refractivity contribution in [3.05, 3.63) is 29.8 Å². The predicted molar refractivity (Wildman–Crippen MR) is 78.1 cm³/mol. The summed E-state index contributed by atoms with van der Waals surface area (Å²) in [6.45, 7) is 2.53. The van der Waals surface area contributed by atoms with Gasteiger partial charge in [-0.25, -0.2) is 0 Å². The van der Waals surface area contributed by atoms with E-state index in [2.05, 4.69) is 10.6 Å². The molecule has 1 fully saturated rings. The van der Waals surface area contributed by atoms with Crippen molar-refractivity contribution in [2.45, 2.75) is 38.1 Å². The van der Waals surface area contributed by atoms with Crippen molar-refractivity contribution in [1.82, 2.24) is 10.6 Å². The summed E-state index contributed by atoms with van der Waals surface area (Å²) < 4.78 is 0. The normalized spacial score (nSPS) is 19.4. The van der Waals surface area contributed by atoms with Crippen LogP contribution < -0.4 is 16.4 Å². The summed E-state index contributed by atoms with van der Waals surface area (Å²) >= 11 is 0. The maximum atomic E-state index is 11.9. The van der Waals surface area contributed by atoms with Crippen LogP contribution in [-0.4, -0.2) is 24.4 Å². The van der Waals surface area contributed by atoms with E-state index in [4.69, 9.17) is 5.73 Å². The molecule has 108 valence electrons. The number of hydrogen-bond acceptors (Lipinski definition) is 3. The van der Waals surface area contributed by atoms with Crippen LogP contribution in [0.5, 0.6) is 0 Å². The summed E-state index contributed by atoms with van der Waals surface area (Å²) in [6.07, 6.45) is 1.79. The molecule has 1 aromatic rings. The molecule has 2 atom stereocenters. The lowest BCUT2D eigenvalue weighted by molar-refractivity contribution is -0.122. The zero-order chi connectivity index (χ0) is 14.5. The molecule has 0 aliphatic carbocycles. The molecule has 2 unspecified atom stereocenters. The molecule has 1 aliphatic heterocycles. The molecule has 0 radical (unpaired) electrons. The fourth-order valence-corrected chi connectivity index (χ4v) is 2.36. The van der Waals surface area contributed by atoms with E-state index in [9.17, 15) is 9.59 Å². The molecular formula is C15H21N3O2. The topological polar surface area (TPSA) is 84.2 Å². The molecule has 5 nitrogen and oxygen atoms in total. The first-order valence-corrected chi connectivity index (χ1v) is 6.96. The minimum atomic E-state index is 0.00970. The van der Waals surface area contributed by atoms with Gasteiger partial charge in [0.2, 0.25) is 11.8 Å². The average molecular weight is 275 g/mol. The first kappa shape index (κ1) is 14.4. The molecule has 0 spiro atoms. The van der Waals surface area contributed by atoms with Gasteiger partial charge in [-0.3, -0.25) is 9.59 Å². The number of benzene rings is 1. The van der Waals surface area contributed by atoms with Crippen LogP contribution in [0, 0.1) is 0 Å². The number of hydrogen-bond donors (Lipinski definition) is 3. The molecule has 5 heteroatoms. The quantitative estimate of drug-likeness (QED) is 0.705. The lowest BCUT2D eigenvalue weighted by Gasteiger charge is -2.14. The molecule has 1 heterocycles. The van der Waals surface area contributed by atoms with Crippen LogP contribution in [0.15, 0.2) is 24.3 Å². The number of anilines is 1. The summed E-state index contributed by atoms with van der Waals surface area (Å²) in [7, 11) is 0. The van der Waals surface area contributed by atoms with Crippen molar-refractivity contribution in [3.8, 4) is 0 Å². The Morgan fingerprint density at radius 2 is 2.15 bits per heavy atom. The van der Waals surface area contributed by atoms with Crippen LogP contribution in [-0.2, 0) is 9.59 Å². The first-order valence-electron chi connectivity index (χ1n) is 6.96. The van der Waals surface area contributed by atoms with Crippen molar-refractivity contribution in [2.24, 2.45) is 0 Å². The highest BCUT2D eigenvalue weighted by atomic mass is 16.2. The van der Waals surface area contributed by atoms with Gasteiger partial charge in [-0.2, -0.15) is 0 Å². The number of amides is 2. The fraction of sp³-hybridized carbons (Fsp3) is 0.467. The second-order valence-corrected chi connectivity index (χ2v) is 5.38. The van der Waals surface area contributed by atoms with Crippen molar-refractivity contribution < 1.29 is 9.59 Å². The molecule has 1 saturated heterocycles. The van der Waals surface area contributed by atoms with E-state index in [-0.39, 0.29) is 23.8 Å². The van der Waals surface area contributed by atoms with E-state index in [0.717, 1.165) is 17.7 Å². The first-order chi connectivity index (χ1) is 9.54. The van der Waals surface area contributed by atoms with Gasteiger partial charge in [-0.1, -0.05) is 19.1 Å². The van der Waals surface area contributed by atoms with E-state index >= 15 is 0 Å². The monoisotopic (exact) mass is 275 g/mol. The highest BCUT2D eigenvalue weighted by Gasteiger charge is 2.21. The van der Waals surface area contributed by atoms with E-state index < -0.39 is 0 Å². The average Bonchev–Trinajstić information content (AvgIpc) is 2.83. The summed E-state index contributed by atoms with van der Waals surface area (Å²) in [5, 5.41) is 5.71. The predicted octanol–water partition coefficient (Wildman–Crippen LogP) is 1.16. The standard InChI is InChI=1S/C15H21N3O2/c1-10(11-2-4-12(16)5-3-11)8-15(20)17-9-13-6-7-14(19)18-13/h2-5,10,13H,6-9,16H2,1H3,(H,17,20)(H,18,19). The lowest BCUT2D eigenvalue weighted by atomic mass is 9.97. The Morgan fingerprint density at radius 1 is 1.45 bits per heavy atom. The molecule has 4 N–H and O–H groups in total. The van der Waals surface area contributed by atoms with Gasteiger partial charge in [0.15, 0.2) is 0 Å². The summed E-state index contributed by atoms with van der Waals surface area (Å²) in [6, 6.07) is 7.67. The summed E-state index contributed by atoms with van der Waals surface area (Å²) in [5.41, 5.74) is 7.47. The van der Waals surface area contributed by atoms with Crippen LogP contribution in [0.4, 0.5) is 5.69 Å². The van der Waals surface area contributed by atoms with Crippen LogP contribution in [0.1, 0.15) is 37.7 Å². The number of carbonyl (C=O) groups is 2. The van der Waals surface area contributed by atoms with Crippen LogP contribution in [0.3, 0.4) is 0 Å². The van der Waals surface area contributed by atoms with Crippen LogP contribution in [0.25, 0.3) is 0 Å². The zero-order valence-corrected chi connectivity index (χ0v) is 11.7. The third-order valence-corrected chi connectivity index (χ3v) is 3.63. The number of nitrogens with one attached hydrogen (secondary N) is 2. The van der Waals surface area contributed by atoms with E-state index in [1.807, 2.05) is 31.2 Å². The Hall–Kier alpha value is -2.04. The number of nitrogens with two attached hydrogens (primary N) is 1. The molecule has 2 amide bonds. The Labute approximate surface area is 118 Å². The molecule has 20 heavy (non-hydrogen) atoms. The number of rotatable bonds is 5. The lowest BCUT2D eigenvalue weighted by Crippen LogP contribution is -2.38. The maximum Gasteiger partial charge on any atom is 0.220 e. The smallest absolute Gasteiger partial charge is 0.220 e. The van der Waals surface area contributed by atoms with E-state index in [1.165, 1.54) is 0 Å². The van der Waals surface area contributed by atoms with Gasteiger partial charge >= 0.3 is 0 Å². The Kier molecular flexibility index (Phi) is 4.61. The van der Waals surface area contributed by atoms with Crippen molar-refractivity contribution in [1.29, 1.82) is 0 Å². The van der Waals surface area contributed by atoms with Gasteiger partial charge in [0, 0.05) is 31.1 Å². The SMILES string of the molecule is CC(CC(=O)NCC1CCC(=O)N1)c1ccc(N)cc1. The van der Waals surface area contributed by atoms with Gasteiger partial charge < -0.3 is 16.4 Å². The highest BCUT2D eigenvalue weighted by Crippen LogP contribution is 2.19. The second kappa shape index (κ2) is 6.41. The molecular weight excluding hydrogens is 254 g/mol. The molecule has 1 aromatic carbocycles. The third-order valence-electron chi connectivity index (χ3n) is 3.63. The summed E-state index contributed by atoms with van der Waals surface area (Å²) in [5.74, 6) is 0.226. The number of carbonyl (C=O) groups excluding carboxylic acids is 2. The van der Waals surface area contributed by atoms with Crippen molar-refractivity contribution >= 4 is 17.5 Å². The van der Waals surface area contributed by atoms with Gasteiger partial charge in [0.25, 0.3) is 0 Å². The maximum absolute atomic E-state index is 11.9. The third kappa shape index (κ3) is 3.98. The largest absolute Gasteiger partial charge is 0.399 e. The highest BCUT2D eigenvalue weighted by molar-refractivity contribution is 5.79. The minimum Gasteiger partial charge on any atom is -0.399 e. The van der Waals surface area contributed by atoms with Crippen LogP contribution in [0.2, 0.25) is 0 Å². The number of nitrogen functional groups attached to an aromatic ring is 1. The summed E-state index contributed by atoms with van der Waals surface area (Å²) in [4.78, 5) is 22.9. The van der Waals surface area contributed by atoms with Crippen LogP contribution >= 0.6 is 0 Å². The molecule has 0 bridgehead atoms. The van der Waals surface area contributed by atoms with E-state index in [0.29, 0.717) is 19.4 Å². The van der Waals surface area contributed by atoms with Gasteiger partial charge in [0.05, 0.1) is 0 Å². The Balaban J connectivity index is 1.76. The molecule has 0 aromatic heterocycles. The zero-order valence-electron chi connectivity index (χ0n) is 11.7. The van der Waals surface area contributed by atoms with Gasteiger partial charge in [-0.05, 0) is 30.0 Å². The fourth-order valence-electron chi connectivity index (χ4n) is 2.36. The molecule has 2 rings (SSSR count).